The summed E-state index contributed by atoms with van der Waals surface area (Å²) in [6, 6.07) is 12.3. The predicted octanol–water partition coefficient (Wildman–Crippen LogP) is 4.70. The van der Waals surface area contributed by atoms with Crippen LogP contribution < -0.4 is 14.2 Å². The number of nitrogens with zero attached hydrogens (tertiary/aromatic N) is 1. The van der Waals surface area contributed by atoms with Crippen LogP contribution in [0.5, 0.6) is 11.5 Å². The molecule has 2 heterocycles. The number of carbonyl (C=O) groups excluding carboxylic acids is 1. The van der Waals surface area contributed by atoms with Crippen LogP contribution in [0.25, 0.3) is 0 Å². The van der Waals surface area contributed by atoms with Gasteiger partial charge in [0.05, 0.1) is 33.0 Å². The van der Waals surface area contributed by atoms with Gasteiger partial charge in [-0.2, -0.15) is 4.73 Å². The lowest BCUT2D eigenvalue weighted by molar-refractivity contribution is -0.605. The molecular weight excluding hydrogens is 509 g/mol. The number of ether oxygens (including phenoxy) is 5. The van der Waals surface area contributed by atoms with Crippen molar-refractivity contribution in [2.24, 2.45) is 0 Å². The summed E-state index contributed by atoms with van der Waals surface area (Å²) in [5.74, 6) is 0.461. The van der Waals surface area contributed by atoms with E-state index >= 15 is 0 Å². The van der Waals surface area contributed by atoms with Crippen molar-refractivity contribution in [3.8, 4) is 11.5 Å². The zero-order valence-corrected chi connectivity index (χ0v) is 21.3. The lowest BCUT2D eigenvalue weighted by Crippen LogP contribution is -2.25. The maximum Gasteiger partial charge on any atom is 0.338 e. The topological polar surface area (TPSA) is 90.2 Å². The van der Waals surface area contributed by atoms with Crippen LogP contribution in [0.3, 0.4) is 0 Å². The van der Waals surface area contributed by atoms with E-state index in [9.17, 15) is 10.0 Å². The molecule has 0 spiro atoms. The zero-order chi connectivity index (χ0) is 25.7. The lowest BCUT2D eigenvalue weighted by atomic mass is 10.0. The Bertz CT molecular complexity index is 1210. The van der Waals surface area contributed by atoms with E-state index in [0.29, 0.717) is 52.6 Å². The van der Waals surface area contributed by atoms with Crippen LogP contribution in [0.4, 0.5) is 0 Å². The fraction of sp³-hybridized carbons (Fsp3) is 0.308. The van der Waals surface area contributed by atoms with Crippen molar-refractivity contribution in [3.63, 3.8) is 0 Å². The van der Waals surface area contributed by atoms with Crippen molar-refractivity contribution in [2.75, 3.05) is 27.4 Å². The molecule has 0 saturated carbocycles. The fourth-order valence-electron chi connectivity index (χ4n) is 3.93. The Morgan fingerprint density at radius 3 is 2.42 bits per heavy atom. The summed E-state index contributed by atoms with van der Waals surface area (Å²) in [5, 5.41) is 12.0. The van der Waals surface area contributed by atoms with Crippen LogP contribution in [-0.4, -0.2) is 39.7 Å². The summed E-state index contributed by atoms with van der Waals surface area (Å²) in [6.07, 6.45) is 1.93. The van der Waals surface area contributed by atoms with E-state index in [1.54, 1.807) is 36.4 Å². The third-order valence-electron chi connectivity index (χ3n) is 5.73. The maximum absolute atomic E-state index is 13.2. The largest absolute Gasteiger partial charge is 0.619 e. The molecule has 8 nitrogen and oxygen atoms in total. The Kier molecular flexibility index (Phi) is 8.53. The monoisotopic (exact) mass is 533 g/mol. The molecule has 0 bridgehead atoms. The standard InChI is InChI=1S/C26H25Cl2NO7/c1-32-22-7-6-17(12-24(22)33-2)23(13-19-20(27)14-29(31)15-21(19)28)36-26(30)18-5-3-4-16(10-18)11-25-34-8-9-35-25/h3-7,10,12,14-15,23,25H,8-9,11,13H2,1-2H3/t23-/m0/s1. The van der Waals surface area contributed by atoms with E-state index in [1.807, 2.05) is 6.07 Å². The van der Waals surface area contributed by atoms with E-state index in [-0.39, 0.29) is 22.8 Å². The average molecular weight is 534 g/mol. The number of rotatable bonds is 9. The number of hydrogen-bond acceptors (Lipinski definition) is 7. The van der Waals surface area contributed by atoms with Crippen LogP contribution in [0.1, 0.15) is 33.2 Å². The SMILES string of the molecule is COc1ccc([C@H](Cc2c(Cl)c[n+]([O-])cc2Cl)OC(=O)c2cccc(CC3OCCO3)c2)cc1OC. The Labute approximate surface area is 218 Å². The normalized spacial score (nSPS) is 14.4. The molecule has 0 aliphatic carbocycles. The summed E-state index contributed by atoms with van der Waals surface area (Å²) in [7, 11) is 3.05. The van der Waals surface area contributed by atoms with Gasteiger partial charge in [0, 0.05) is 18.4 Å². The van der Waals surface area contributed by atoms with Gasteiger partial charge in [-0.15, -0.1) is 0 Å². The lowest BCUT2D eigenvalue weighted by Gasteiger charge is -2.21. The molecule has 3 aromatic rings. The number of benzene rings is 2. The van der Waals surface area contributed by atoms with Crippen molar-refractivity contribution in [3.05, 3.63) is 92.4 Å². The summed E-state index contributed by atoms with van der Waals surface area (Å²) in [4.78, 5) is 13.2. The summed E-state index contributed by atoms with van der Waals surface area (Å²) in [5.41, 5.74) is 2.37. The third-order valence-corrected chi connectivity index (χ3v) is 6.38. The highest BCUT2D eigenvalue weighted by Crippen LogP contribution is 2.35. The number of methoxy groups -OCH3 is 2. The summed E-state index contributed by atoms with van der Waals surface area (Å²) < 4.78 is 28.3. The van der Waals surface area contributed by atoms with Crippen LogP contribution >= 0.6 is 23.2 Å². The highest BCUT2D eigenvalue weighted by molar-refractivity contribution is 6.35. The van der Waals surface area contributed by atoms with Crippen molar-refractivity contribution < 1.29 is 33.2 Å². The zero-order valence-electron chi connectivity index (χ0n) is 19.7. The molecule has 190 valence electrons. The molecule has 1 aromatic heterocycles. The van der Waals surface area contributed by atoms with Gasteiger partial charge in [0.1, 0.15) is 16.1 Å². The van der Waals surface area contributed by atoms with Crippen molar-refractivity contribution in [1.82, 2.24) is 0 Å². The molecule has 1 aliphatic heterocycles. The third kappa shape index (κ3) is 6.20. The first kappa shape index (κ1) is 26.0. The molecule has 0 N–H and O–H groups in total. The molecular formula is C26H25Cl2NO7. The molecule has 0 unspecified atom stereocenters. The number of aromatic nitrogens is 1. The quantitative estimate of drug-likeness (QED) is 0.223. The van der Waals surface area contributed by atoms with E-state index in [0.717, 1.165) is 5.56 Å². The fourth-order valence-corrected chi connectivity index (χ4v) is 4.53. The Morgan fingerprint density at radius 2 is 1.75 bits per heavy atom. The van der Waals surface area contributed by atoms with E-state index in [4.69, 9.17) is 46.9 Å². The van der Waals surface area contributed by atoms with E-state index in [1.165, 1.54) is 26.6 Å². The predicted molar refractivity (Wildman–Crippen MR) is 133 cm³/mol. The summed E-state index contributed by atoms with van der Waals surface area (Å²) in [6.45, 7) is 1.10. The Hall–Kier alpha value is -3.04. The van der Waals surface area contributed by atoms with Gasteiger partial charge in [0.2, 0.25) is 0 Å². The molecule has 10 heteroatoms. The van der Waals surface area contributed by atoms with Crippen molar-refractivity contribution in [1.29, 1.82) is 0 Å². The van der Waals surface area contributed by atoms with Gasteiger partial charge in [-0.05, 0) is 35.4 Å². The van der Waals surface area contributed by atoms with Gasteiger partial charge < -0.3 is 28.9 Å². The van der Waals surface area contributed by atoms with E-state index in [2.05, 4.69) is 0 Å². The molecule has 36 heavy (non-hydrogen) atoms. The molecule has 1 aliphatic rings. The van der Waals surface area contributed by atoms with Gasteiger partial charge in [-0.3, -0.25) is 0 Å². The highest BCUT2D eigenvalue weighted by atomic mass is 35.5. The first-order chi connectivity index (χ1) is 17.4. The van der Waals surface area contributed by atoms with Crippen molar-refractivity contribution in [2.45, 2.75) is 25.2 Å². The molecule has 0 amide bonds. The van der Waals surface area contributed by atoms with Gasteiger partial charge in [0.15, 0.2) is 30.2 Å². The van der Waals surface area contributed by atoms with Crippen LogP contribution in [-0.2, 0) is 27.1 Å². The van der Waals surface area contributed by atoms with Gasteiger partial charge in [-0.25, -0.2) is 4.79 Å². The number of esters is 1. The van der Waals surface area contributed by atoms with Crippen LogP contribution in [0, 0.1) is 5.21 Å². The van der Waals surface area contributed by atoms with Crippen LogP contribution in [0.2, 0.25) is 10.0 Å². The number of pyridine rings is 1. The second-order valence-corrected chi connectivity index (χ2v) is 8.90. The maximum atomic E-state index is 13.2. The summed E-state index contributed by atoms with van der Waals surface area (Å²) >= 11 is 12.6. The molecule has 0 radical (unpaired) electrons. The number of carbonyl (C=O) groups is 1. The van der Waals surface area contributed by atoms with Crippen LogP contribution in [0.15, 0.2) is 54.9 Å². The Morgan fingerprint density at radius 1 is 1.06 bits per heavy atom. The number of halogens is 2. The first-order valence-corrected chi connectivity index (χ1v) is 11.9. The highest BCUT2D eigenvalue weighted by Gasteiger charge is 2.25. The second-order valence-electron chi connectivity index (χ2n) is 8.08. The Balaban J connectivity index is 1.63. The first-order valence-electron chi connectivity index (χ1n) is 11.2. The van der Waals surface area contributed by atoms with Gasteiger partial charge >= 0.3 is 5.97 Å². The molecule has 1 atom stereocenters. The smallest absolute Gasteiger partial charge is 0.338 e. The van der Waals surface area contributed by atoms with E-state index < -0.39 is 12.1 Å². The minimum atomic E-state index is -0.792. The number of hydrogen-bond donors (Lipinski definition) is 0. The van der Waals surface area contributed by atoms with Gasteiger partial charge in [0.25, 0.3) is 0 Å². The molecule has 4 rings (SSSR count). The van der Waals surface area contributed by atoms with Gasteiger partial charge in [-0.1, -0.05) is 41.4 Å². The molecule has 1 saturated heterocycles. The van der Waals surface area contributed by atoms with Crippen molar-refractivity contribution >= 4 is 29.2 Å². The molecule has 2 aromatic carbocycles. The second kappa shape index (κ2) is 11.8. The minimum Gasteiger partial charge on any atom is -0.619 e. The average Bonchev–Trinajstić information content (AvgIpc) is 3.38. The minimum absolute atomic E-state index is 0.128. The molecule has 1 fully saturated rings.